The third-order valence-electron chi connectivity index (χ3n) is 5.09. The molecule has 1 fully saturated rings. The lowest BCUT2D eigenvalue weighted by atomic mass is 9.80. The van der Waals surface area contributed by atoms with E-state index in [1.165, 1.54) is 0 Å². The highest BCUT2D eigenvalue weighted by Gasteiger charge is 2.51. The van der Waals surface area contributed by atoms with Crippen LogP contribution in [0.15, 0.2) is 78.6 Å². The Bertz CT molecular complexity index is 988. The summed E-state index contributed by atoms with van der Waals surface area (Å²) in [5.74, 6) is 0. The number of rotatable bonds is 3. The predicted molar refractivity (Wildman–Crippen MR) is 155 cm³/mol. The quantitative estimate of drug-likeness (QED) is 0.163. The summed E-state index contributed by atoms with van der Waals surface area (Å²) in [6, 6.07) is 11.8. The van der Waals surface area contributed by atoms with Crippen molar-refractivity contribution in [2.75, 3.05) is 12.5 Å². The van der Waals surface area contributed by atoms with E-state index < -0.39 is 0 Å². The van der Waals surface area contributed by atoms with Gasteiger partial charge in [-0.15, -0.1) is 23.5 Å². The largest absolute Gasteiger partial charge is 0.496 e. The number of thioether (sulfide) groups is 2. The second-order valence-electron chi connectivity index (χ2n) is 8.04. The minimum Gasteiger partial charge on any atom is -0.399 e. The monoisotopic (exact) mass is 689 g/mol. The fourth-order valence-electron chi connectivity index (χ4n) is 2.47. The third-order valence-corrected chi connectivity index (χ3v) is 7.82. The second kappa shape index (κ2) is 13.8. The number of pyridine rings is 3. The minimum absolute atomic E-state index is 0.296. The van der Waals surface area contributed by atoms with Crippen LogP contribution in [0.3, 0.4) is 0 Å². The molecule has 1 aliphatic rings. The second-order valence-corrected chi connectivity index (χ2v) is 12.3. The molecule has 0 atom stereocenters. The van der Waals surface area contributed by atoms with E-state index in [-0.39, 0.29) is 18.3 Å². The molecular weight excluding hydrogens is 665 g/mol. The van der Waals surface area contributed by atoms with Crippen LogP contribution in [0.1, 0.15) is 27.7 Å². The summed E-state index contributed by atoms with van der Waals surface area (Å²) >= 11 is 13.1. The highest BCUT2D eigenvalue weighted by Crippen LogP contribution is 2.36. The van der Waals surface area contributed by atoms with Crippen LogP contribution in [0.4, 0.5) is 0 Å². The molecule has 0 amide bonds. The normalized spacial score (nSPS) is 15.6. The maximum atomic E-state index is 5.95. The summed E-state index contributed by atoms with van der Waals surface area (Å²) in [7, 11) is -0.316. The van der Waals surface area contributed by atoms with Gasteiger partial charge in [0.25, 0.3) is 0 Å². The van der Waals surface area contributed by atoms with Gasteiger partial charge in [-0.25, -0.2) is 9.97 Å². The standard InChI is InChI=1S/C12H18BNO2S.C6H6BrNS.C5H3Br2N/c1-11(2)12(3,4)16-13(15-11)9-6-7-10(17-5)14-8-9;1-9-6-3-2-5(7)4-8-6;6-4-1-2-5(7)8-3-4/h6-8H,1-5H3;2-4H,1H3;1-3H. The number of nitrogens with zero attached hydrogens (tertiary/aromatic N) is 3. The Balaban J connectivity index is 0.000000201. The average Bonchev–Trinajstić information content (AvgIpc) is 3.04. The van der Waals surface area contributed by atoms with E-state index in [4.69, 9.17) is 9.31 Å². The third kappa shape index (κ3) is 9.22. The smallest absolute Gasteiger partial charge is 0.399 e. The number of halogens is 3. The lowest BCUT2D eigenvalue weighted by molar-refractivity contribution is 0.00578. The molecule has 182 valence electrons. The molecule has 0 N–H and O–H groups in total. The average molecular weight is 692 g/mol. The Hall–Kier alpha value is -0.425. The van der Waals surface area contributed by atoms with Crippen molar-refractivity contribution < 1.29 is 9.31 Å². The Labute approximate surface area is 236 Å². The van der Waals surface area contributed by atoms with E-state index in [0.717, 1.165) is 29.1 Å². The van der Waals surface area contributed by atoms with Gasteiger partial charge < -0.3 is 9.31 Å². The van der Waals surface area contributed by atoms with Gasteiger partial charge in [-0.1, -0.05) is 6.07 Å². The first-order valence-corrected chi connectivity index (χ1v) is 15.1. The van der Waals surface area contributed by atoms with Gasteiger partial charge in [0.1, 0.15) is 4.60 Å². The predicted octanol–water partition coefficient (Wildman–Crippen LogP) is 7.28. The van der Waals surface area contributed by atoms with Crippen LogP contribution in [-0.4, -0.2) is 45.8 Å². The molecule has 4 rings (SSSR count). The molecule has 0 bridgehead atoms. The summed E-state index contributed by atoms with van der Waals surface area (Å²) in [5, 5.41) is 2.06. The van der Waals surface area contributed by atoms with E-state index in [2.05, 4.69) is 90.4 Å². The number of hydrogen-bond acceptors (Lipinski definition) is 7. The van der Waals surface area contributed by atoms with Gasteiger partial charge in [-0.2, -0.15) is 0 Å². The number of hydrogen-bond donors (Lipinski definition) is 0. The maximum Gasteiger partial charge on any atom is 0.496 e. The van der Waals surface area contributed by atoms with Crippen LogP contribution >= 0.6 is 71.3 Å². The van der Waals surface area contributed by atoms with E-state index in [1.807, 2.05) is 55.1 Å². The van der Waals surface area contributed by atoms with E-state index in [0.29, 0.717) is 0 Å². The Morgan fingerprint density at radius 1 is 0.676 bits per heavy atom. The molecule has 1 saturated heterocycles. The fourth-order valence-corrected chi connectivity index (χ4v) is 3.90. The zero-order chi connectivity index (χ0) is 25.4. The molecule has 34 heavy (non-hydrogen) atoms. The topological polar surface area (TPSA) is 57.1 Å². The summed E-state index contributed by atoms with van der Waals surface area (Å²) in [4.78, 5) is 12.4. The van der Waals surface area contributed by atoms with Gasteiger partial charge in [0.15, 0.2) is 0 Å². The molecule has 0 radical (unpaired) electrons. The lowest BCUT2D eigenvalue weighted by Gasteiger charge is -2.32. The zero-order valence-corrected chi connectivity index (χ0v) is 26.3. The van der Waals surface area contributed by atoms with Crippen molar-refractivity contribution in [3.63, 3.8) is 0 Å². The van der Waals surface area contributed by atoms with E-state index in [9.17, 15) is 0 Å². The Morgan fingerprint density at radius 2 is 1.15 bits per heavy atom. The van der Waals surface area contributed by atoms with Crippen LogP contribution in [0.5, 0.6) is 0 Å². The van der Waals surface area contributed by atoms with Gasteiger partial charge in [-0.3, -0.25) is 4.98 Å². The van der Waals surface area contributed by atoms with Gasteiger partial charge >= 0.3 is 7.12 Å². The molecule has 0 aliphatic carbocycles. The molecule has 3 aromatic rings. The first-order valence-electron chi connectivity index (χ1n) is 10.3. The molecule has 3 aromatic heterocycles. The molecule has 0 unspecified atom stereocenters. The van der Waals surface area contributed by atoms with E-state index >= 15 is 0 Å². The van der Waals surface area contributed by atoms with Crippen molar-refractivity contribution in [1.29, 1.82) is 0 Å². The highest BCUT2D eigenvalue weighted by molar-refractivity contribution is 9.11. The minimum atomic E-state index is -0.316. The lowest BCUT2D eigenvalue weighted by Crippen LogP contribution is -2.41. The summed E-state index contributed by atoms with van der Waals surface area (Å²) in [6.07, 6.45) is 9.39. The molecule has 0 saturated carbocycles. The van der Waals surface area contributed by atoms with Crippen molar-refractivity contribution in [2.24, 2.45) is 0 Å². The van der Waals surface area contributed by atoms with Crippen molar-refractivity contribution in [3.05, 3.63) is 68.5 Å². The molecule has 5 nitrogen and oxygen atoms in total. The van der Waals surface area contributed by atoms with Crippen LogP contribution in [0.2, 0.25) is 0 Å². The molecule has 0 aromatic carbocycles. The van der Waals surface area contributed by atoms with Crippen LogP contribution < -0.4 is 5.46 Å². The van der Waals surface area contributed by atoms with Gasteiger partial charge in [-0.05, 0) is 118 Å². The first-order chi connectivity index (χ1) is 16.0. The molecule has 11 heteroatoms. The molecular formula is C23H27BBr3N3O2S2. The van der Waals surface area contributed by atoms with Crippen molar-refractivity contribution in [3.8, 4) is 0 Å². The number of aromatic nitrogens is 3. The van der Waals surface area contributed by atoms with Crippen LogP contribution in [0, 0.1) is 0 Å². The van der Waals surface area contributed by atoms with Gasteiger partial charge in [0.05, 0.1) is 21.3 Å². The molecule has 1 aliphatic heterocycles. The summed E-state index contributed by atoms with van der Waals surface area (Å²) in [5.41, 5.74) is 0.382. The molecule has 0 spiro atoms. The zero-order valence-electron chi connectivity index (χ0n) is 19.9. The van der Waals surface area contributed by atoms with Crippen LogP contribution in [0.25, 0.3) is 0 Å². The van der Waals surface area contributed by atoms with Crippen LogP contribution in [-0.2, 0) is 9.31 Å². The highest BCUT2D eigenvalue weighted by atomic mass is 79.9. The van der Waals surface area contributed by atoms with Crippen molar-refractivity contribution >= 4 is 83.9 Å². The Morgan fingerprint density at radius 3 is 1.50 bits per heavy atom. The van der Waals surface area contributed by atoms with Crippen molar-refractivity contribution in [1.82, 2.24) is 15.0 Å². The maximum absolute atomic E-state index is 5.95. The SMILES string of the molecule is Brc1ccc(Br)nc1.CSc1ccc(B2OC(C)(C)C(C)(C)O2)cn1.CSc1ccc(Br)cn1. The van der Waals surface area contributed by atoms with Gasteiger partial charge in [0, 0.05) is 33.0 Å². The summed E-state index contributed by atoms with van der Waals surface area (Å²) in [6.45, 7) is 8.21. The summed E-state index contributed by atoms with van der Waals surface area (Å²) < 4.78 is 14.8. The first kappa shape index (κ1) is 29.8. The fraction of sp³-hybridized carbons (Fsp3) is 0.348. The van der Waals surface area contributed by atoms with E-state index in [1.54, 1.807) is 35.9 Å². The van der Waals surface area contributed by atoms with Crippen molar-refractivity contribution in [2.45, 2.75) is 48.9 Å². The Kier molecular flexibility index (Phi) is 12.1. The molecule has 4 heterocycles. The van der Waals surface area contributed by atoms with Gasteiger partial charge in [0.2, 0.25) is 0 Å².